The first kappa shape index (κ1) is 15.0. The zero-order valence-corrected chi connectivity index (χ0v) is 12.6. The number of thiophene rings is 1. The topological polar surface area (TPSA) is 88.4 Å². The second-order valence-electron chi connectivity index (χ2n) is 4.64. The maximum Gasteiger partial charge on any atom is 0.338 e. The molecular formula is C14H14N2O4S. The van der Waals surface area contributed by atoms with Gasteiger partial charge in [0.1, 0.15) is 10.7 Å². The van der Waals surface area contributed by atoms with Crippen LogP contribution in [0.15, 0.2) is 18.3 Å². The van der Waals surface area contributed by atoms with Gasteiger partial charge in [-0.05, 0) is 26.0 Å². The normalized spacial score (nSPS) is 10.4. The first-order valence-corrected chi connectivity index (χ1v) is 6.93. The van der Waals surface area contributed by atoms with E-state index < -0.39 is 11.9 Å². The van der Waals surface area contributed by atoms with Crippen molar-refractivity contribution in [2.75, 3.05) is 5.32 Å². The third kappa shape index (κ3) is 3.03. The number of aromatic nitrogens is 1. The lowest BCUT2D eigenvalue weighted by molar-refractivity contribution is 0.0698. The lowest BCUT2D eigenvalue weighted by Crippen LogP contribution is -2.16. The molecule has 2 N–H and O–H groups in total. The summed E-state index contributed by atoms with van der Waals surface area (Å²) in [5.41, 5.74) is 0.790. The summed E-state index contributed by atoms with van der Waals surface area (Å²) >= 11 is 1.20. The van der Waals surface area contributed by atoms with Gasteiger partial charge in [-0.15, -0.1) is 11.3 Å². The third-order valence-corrected chi connectivity index (χ3v) is 3.92. The van der Waals surface area contributed by atoms with E-state index in [4.69, 9.17) is 5.11 Å². The summed E-state index contributed by atoms with van der Waals surface area (Å²) in [5.74, 6) is -1.68. The molecule has 21 heavy (non-hydrogen) atoms. The molecule has 7 heteroatoms. The van der Waals surface area contributed by atoms with Crippen LogP contribution in [0.2, 0.25) is 0 Å². The van der Waals surface area contributed by atoms with E-state index >= 15 is 0 Å². The van der Waals surface area contributed by atoms with Gasteiger partial charge in [-0.3, -0.25) is 9.59 Å². The molecule has 0 aliphatic heterocycles. The number of nitrogens with one attached hydrogen (secondary N) is 1. The first-order chi connectivity index (χ1) is 9.79. The van der Waals surface area contributed by atoms with E-state index in [1.807, 2.05) is 0 Å². The zero-order chi connectivity index (χ0) is 15.7. The quantitative estimate of drug-likeness (QED) is 0.850. The highest BCUT2D eigenvalue weighted by Crippen LogP contribution is 2.28. The molecule has 0 aliphatic rings. The van der Waals surface area contributed by atoms with Crippen LogP contribution >= 0.6 is 11.3 Å². The molecule has 0 saturated carbocycles. The Labute approximate surface area is 125 Å². The van der Waals surface area contributed by atoms with E-state index in [9.17, 15) is 14.4 Å². The van der Waals surface area contributed by atoms with Gasteiger partial charge in [-0.1, -0.05) is 0 Å². The zero-order valence-electron chi connectivity index (χ0n) is 11.8. The van der Waals surface area contributed by atoms with Crippen LogP contribution in [0.1, 0.15) is 43.0 Å². The van der Waals surface area contributed by atoms with Gasteiger partial charge in [-0.25, -0.2) is 4.79 Å². The van der Waals surface area contributed by atoms with E-state index in [1.54, 1.807) is 20.2 Å². The van der Waals surface area contributed by atoms with Gasteiger partial charge < -0.3 is 15.0 Å². The molecule has 0 aliphatic carbocycles. The Kier molecular flexibility index (Phi) is 3.95. The Morgan fingerprint density at radius 3 is 2.48 bits per heavy atom. The summed E-state index contributed by atoms with van der Waals surface area (Å²) in [7, 11) is 1.65. The van der Waals surface area contributed by atoms with Crippen molar-refractivity contribution >= 4 is 34.0 Å². The number of carboxylic acids is 1. The standard InChI is InChI=1S/C14H14N2O4S/c1-7-4-10(14(19)20)13(21-7)15-12(18)11-5-9(8(2)17)6-16(11)3/h4-6H,1-3H3,(H,15,18)(H,19,20). The van der Waals surface area contributed by atoms with Crippen molar-refractivity contribution in [3.8, 4) is 0 Å². The molecule has 2 aromatic heterocycles. The van der Waals surface area contributed by atoms with Crippen molar-refractivity contribution in [3.05, 3.63) is 40.0 Å². The lowest BCUT2D eigenvalue weighted by atomic mass is 10.2. The Bertz CT molecular complexity index is 742. The number of aromatic carboxylic acids is 1. The highest BCUT2D eigenvalue weighted by molar-refractivity contribution is 7.16. The smallest absolute Gasteiger partial charge is 0.338 e. The Morgan fingerprint density at radius 1 is 1.29 bits per heavy atom. The third-order valence-electron chi connectivity index (χ3n) is 2.96. The molecule has 0 atom stereocenters. The van der Waals surface area contributed by atoms with Gasteiger partial charge in [0.15, 0.2) is 5.78 Å². The fourth-order valence-corrected chi connectivity index (χ4v) is 2.81. The van der Waals surface area contributed by atoms with E-state index in [2.05, 4.69) is 5.32 Å². The molecule has 6 nitrogen and oxygen atoms in total. The van der Waals surface area contributed by atoms with Crippen LogP contribution in [0.5, 0.6) is 0 Å². The maximum atomic E-state index is 12.2. The second kappa shape index (κ2) is 5.53. The molecule has 0 spiro atoms. The highest BCUT2D eigenvalue weighted by atomic mass is 32.1. The molecule has 110 valence electrons. The van der Waals surface area contributed by atoms with Crippen LogP contribution in [0.25, 0.3) is 0 Å². The lowest BCUT2D eigenvalue weighted by Gasteiger charge is -2.04. The van der Waals surface area contributed by atoms with Gasteiger partial charge in [-0.2, -0.15) is 0 Å². The minimum absolute atomic E-state index is 0.0619. The molecular weight excluding hydrogens is 292 g/mol. The van der Waals surface area contributed by atoms with Crippen molar-refractivity contribution in [1.29, 1.82) is 0 Å². The number of hydrogen-bond donors (Lipinski definition) is 2. The molecule has 2 aromatic rings. The molecule has 2 rings (SSSR count). The average Bonchev–Trinajstić information content (AvgIpc) is 2.92. The minimum Gasteiger partial charge on any atom is -0.478 e. The number of carbonyl (C=O) groups excluding carboxylic acids is 2. The van der Waals surface area contributed by atoms with Crippen molar-refractivity contribution in [3.63, 3.8) is 0 Å². The van der Waals surface area contributed by atoms with Gasteiger partial charge in [0.2, 0.25) is 0 Å². The summed E-state index contributed by atoms with van der Waals surface area (Å²) in [5, 5.41) is 12.0. The van der Waals surface area contributed by atoms with Crippen LogP contribution in [-0.4, -0.2) is 27.3 Å². The molecule has 0 aromatic carbocycles. The number of hydrogen-bond acceptors (Lipinski definition) is 4. The van der Waals surface area contributed by atoms with Crippen LogP contribution in [0.3, 0.4) is 0 Å². The predicted octanol–water partition coefficient (Wildman–Crippen LogP) is 2.55. The van der Waals surface area contributed by atoms with E-state index in [0.29, 0.717) is 11.3 Å². The SMILES string of the molecule is CC(=O)c1cc(C(=O)Nc2sc(C)cc2C(=O)O)n(C)c1. The summed E-state index contributed by atoms with van der Waals surface area (Å²) in [6.07, 6.45) is 1.56. The number of carboxylic acid groups (broad SMARTS) is 1. The van der Waals surface area contributed by atoms with Crippen LogP contribution < -0.4 is 5.32 Å². The number of nitrogens with zero attached hydrogens (tertiary/aromatic N) is 1. The number of rotatable bonds is 4. The average molecular weight is 306 g/mol. The van der Waals surface area contributed by atoms with Crippen LogP contribution in [-0.2, 0) is 7.05 Å². The van der Waals surface area contributed by atoms with Gasteiger partial charge in [0, 0.05) is 23.7 Å². The minimum atomic E-state index is -1.09. The monoisotopic (exact) mass is 306 g/mol. The van der Waals surface area contributed by atoms with Crippen LogP contribution in [0, 0.1) is 6.92 Å². The van der Waals surface area contributed by atoms with Crippen molar-refractivity contribution < 1.29 is 19.5 Å². The number of ketones is 1. The fourth-order valence-electron chi connectivity index (χ4n) is 1.92. The summed E-state index contributed by atoms with van der Waals surface area (Å²) in [6.45, 7) is 3.19. The molecule has 2 heterocycles. The van der Waals surface area contributed by atoms with Gasteiger partial charge >= 0.3 is 5.97 Å². The van der Waals surface area contributed by atoms with E-state index in [1.165, 1.54) is 35.0 Å². The summed E-state index contributed by atoms with van der Waals surface area (Å²) in [4.78, 5) is 35.5. The number of anilines is 1. The van der Waals surface area contributed by atoms with E-state index in [-0.39, 0.29) is 16.3 Å². The second-order valence-corrected chi connectivity index (χ2v) is 5.90. The number of carbonyl (C=O) groups is 3. The Hall–Kier alpha value is -2.41. The largest absolute Gasteiger partial charge is 0.478 e. The van der Waals surface area contributed by atoms with Crippen molar-refractivity contribution in [1.82, 2.24) is 4.57 Å². The molecule has 0 radical (unpaired) electrons. The molecule has 0 fully saturated rings. The molecule has 0 unspecified atom stereocenters. The molecule has 0 bridgehead atoms. The highest BCUT2D eigenvalue weighted by Gasteiger charge is 2.19. The Morgan fingerprint density at radius 2 is 1.95 bits per heavy atom. The number of amides is 1. The number of aryl methyl sites for hydroxylation is 2. The predicted molar refractivity (Wildman–Crippen MR) is 79.4 cm³/mol. The first-order valence-electron chi connectivity index (χ1n) is 6.12. The van der Waals surface area contributed by atoms with Gasteiger partial charge in [0.05, 0.1) is 5.56 Å². The maximum absolute atomic E-state index is 12.2. The summed E-state index contributed by atoms with van der Waals surface area (Å²) in [6, 6.07) is 2.99. The Balaban J connectivity index is 2.30. The van der Waals surface area contributed by atoms with Crippen molar-refractivity contribution in [2.45, 2.75) is 13.8 Å². The van der Waals surface area contributed by atoms with Crippen molar-refractivity contribution in [2.24, 2.45) is 7.05 Å². The van der Waals surface area contributed by atoms with Crippen LogP contribution in [0.4, 0.5) is 5.00 Å². The van der Waals surface area contributed by atoms with Gasteiger partial charge in [0.25, 0.3) is 5.91 Å². The molecule has 1 amide bonds. The fraction of sp³-hybridized carbons (Fsp3) is 0.214. The molecule has 0 saturated heterocycles. The number of Topliss-reactive ketones (excluding diaryl/α,β-unsaturated/α-hetero) is 1. The summed E-state index contributed by atoms with van der Waals surface area (Å²) < 4.78 is 1.53. The van der Waals surface area contributed by atoms with E-state index in [0.717, 1.165) is 4.88 Å².